The zero-order chi connectivity index (χ0) is 18.8. The minimum absolute atomic E-state index is 0.0541. The van der Waals surface area contributed by atoms with Crippen molar-refractivity contribution in [1.82, 2.24) is 10.2 Å². The lowest BCUT2D eigenvalue weighted by atomic mass is 10.1. The van der Waals surface area contributed by atoms with Crippen LogP contribution in [0.15, 0.2) is 60.7 Å². The second-order valence-corrected chi connectivity index (χ2v) is 6.06. The molecule has 0 fully saturated rings. The van der Waals surface area contributed by atoms with E-state index < -0.39 is 6.04 Å². The number of benzene rings is 2. The molecule has 1 atom stereocenters. The Hall–Kier alpha value is -2.82. The van der Waals surface area contributed by atoms with E-state index in [1.807, 2.05) is 60.7 Å². The first kappa shape index (κ1) is 19.5. The van der Waals surface area contributed by atoms with Gasteiger partial charge < -0.3 is 15.0 Å². The second-order valence-electron chi connectivity index (χ2n) is 6.06. The zero-order valence-corrected chi connectivity index (χ0v) is 15.4. The SMILES string of the molecule is CNC(=O)C(C)N(Cc1ccccc1)C(=O)CCCOc1ccccc1. The summed E-state index contributed by atoms with van der Waals surface area (Å²) in [5, 5.41) is 2.62. The third kappa shape index (κ3) is 5.92. The first-order valence-corrected chi connectivity index (χ1v) is 8.84. The monoisotopic (exact) mass is 354 g/mol. The van der Waals surface area contributed by atoms with E-state index in [1.165, 1.54) is 0 Å². The van der Waals surface area contributed by atoms with Crippen LogP contribution in [-0.4, -0.2) is 36.4 Å². The summed E-state index contributed by atoms with van der Waals surface area (Å²) in [6, 6.07) is 18.7. The molecule has 0 radical (unpaired) electrons. The quantitative estimate of drug-likeness (QED) is 0.704. The van der Waals surface area contributed by atoms with E-state index in [2.05, 4.69) is 5.32 Å². The fourth-order valence-corrected chi connectivity index (χ4v) is 2.65. The maximum Gasteiger partial charge on any atom is 0.242 e. The van der Waals surface area contributed by atoms with Gasteiger partial charge in [-0.15, -0.1) is 0 Å². The maximum atomic E-state index is 12.7. The summed E-state index contributed by atoms with van der Waals surface area (Å²) in [6.07, 6.45) is 0.931. The number of nitrogens with one attached hydrogen (secondary N) is 1. The predicted molar refractivity (Wildman–Crippen MR) is 102 cm³/mol. The van der Waals surface area contributed by atoms with Crippen LogP contribution in [0.5, 0.6) is 5.75 Å². The van der Waals surface area contributed by atoms with Crippen LogP contribution in [0.3, 0.4) is 0 Å². The molecule has 2 rings (SSSR count). The largest absolute Gasteiger partial charge is 0.494 e. The number of amides is 2. The number of nitrogens with zero attached hydrogens (tertiary/aromatic N) is 1. The number of carbonyl (C=O) groups excluding carboxylic acids is 2. The van der Waals surface area contributed by atoms with Crippen molar-refractivity contribution in [3.05, 3.63) is 66.2 Å². The molecule has 1 unspecified atom stereocenters. The molecule has 0 saturated carbocycles. The third-order valence-corrected chi connectivity index (χ3v) is 4.16. The standard InChI is InChI=1S/C21H26N2O3/c1-17(21(25)22-2)23(16-18-10-5-3-6-11-18)20(24)14-9-15-26-19-12-7-4-8-13-19/h3-8,10-13,17H,9,14-16H2,1-2H3,(H,22,25). The van der Waals surface area contributed by atoms with E-state index in [1.54, 1.807) is 18.9 Å². The maximum absolute atomic E-state index is 12.7. The summed E-state index contributed by atoms with van der Waals surface area (Å²) in [5.41, 5.74) is 0.997. The Morgan fingerprint density at radius 3 is 2.27 bits per heavy atom. The highest BCUT2D eigenvalue weighted by molar-refractivity contribution is 5.87. The molecule has 0 aliphatic carbocycles. The van der Waals surface area contributed by atoms with Gasteiger partial charge in [0.2, 0.25) is 11.8 Å². The molecule has 5 nitrogen and oxygen atoms in total. The summed E-state index contributed by atoms with van der Waals surface area (Å²) < 4.78 is 5.63. The molecule has 26 heavy (non-hydrogen) atoms. The number of hydrogen-bond donors (Lipinski definition) is 1. The summed E-state index contributed by atoms with van der Waals surface area (Å²) >= 11 is 0. The Bertz CT molecular complexity index is 689. The molecule has 0 saturated heterocycles. The summed E-state index contributed by atoms with van der Waals surface area (Å²) in [6.45, 7) is 2.62. The average Bonchev–Trinajstić information content (AvgIpc) is 2.69. The third-order valence-electron chi connectivity index (χ3n) is 4.16. The Balaban J connectivity index is 1.92. The van der Waals surface area contributed by atoms with E-state index in [0.29, 0.717) is 26.0 Å². The van der Waals surface area contributed by atoms with E-state index in [9.17, 15) is 9.59 Å². The Kier molecular flexibility index (Phi) is 7.68. The van der Waals surface area contributed by atoms with Crippen molar-refractivity contribution in [3.8, 4) is 5.75 Å². The number of carbonyl (C=O) groups is 2. The number of para-hydroxylation sites is 1. The van der Waals surface area contributed by atoms with Gasteiger partial charge in [0.1, 0.15) is 11.8 Å². The van der Waals surface area contributed by atoms with Crippen molar-refractivity contribution >= 4 is 11.8 Å². The van der Waals surface area contributed by atoms with Gasteiger partial charge in [0.25, 0.3) is 0 Å². The first-order chi connectivity index (χ1) is 12.6. The van der Waals surface area contributed by atoms with E-state index in [0.717, 1.165) is 11.3 Å². The van der Waals surface area contributed by atoms with Crippen LogP contribution in [0, 0.1) is 0 Å². The lowest BCUT2D eigenvalue weighted by Crippen LogP contribution is -2.46. The van der Waals surface area contributed by atoms with E-state index >= 15 is 0 Å². The lowest BCUT2D eigenvalue weighted by Gasteiger charge is -2.28. The fraction of sp³-hybridized carbons (Fsp3) is 0.333. The molecule has 0 aliphatic rings. The molecular weight excluding hydrogens is 328 g/mol. The van der Waals surface area contributed by atoms with Gasteiger partial charge in [0.05, 0.1) is 6.61 Å². The van der Waals surface area contributed by atoms with Crippen molar-refractivity contribution < 1.29 is 14.3 Å². The van der Waals surface area contributed by atoms with Gasteiger partial charge in [0.15, 0.2) is 0 Å². The molecule has 2 aromatic rings. The molecule has 138 valence electrons. The van der Waals surface area contributed by atoms with Gasteiger partial charge in [-0.2, -0.15) is 0 Å². The summed E-state index contributed by atoms with van der Waals surface area (Å²) in [4.78, 5) is 26.4. The molecule has 0 spiro atoms. The van der Waals surface area contributed by atoms with Gasteiger partial charge in [-0.25, -0.2) is 0 Å². The number of likely N-dealkylation sites (N-methyl/N-ethyl adjacent to an activating group) is 1. The molecule has 0 aliphatic heterocycles. The van der Waals surface area contributed by atoms with Crippen LogP contribution < -0.4 is 10.1 Å². The van der Waals surface area contributed by atoms with E-state index in [4.69, 9.17) is 4.74 Å². The van der Waals surface area contributed by atoms with Gasteiger partial charge in [-0.1, -0.05) is 48.5 Å². The number of hydrogen-bond acceptors (Lipinski definition) is 3. The molecule has 0 bridgehead atoms. The van der Waals surface area contributed by atoms with E-state index in [-0.39, 0.29) is 11.8 Å². The molecular formula is C21H26N2O3. The molecule has 5 heteroatoms. The van der Waals surface area contributed by atoms with Crippen LogP contribution in [0.1, 0.15) is 25.3 Å². The van der Waals surface area contributed by atoms with Crippen LogP contribution in [0.25, 0.3) is 0 Å². The number of ether oxygens (including phenoxy) is 1. The van der Waals surface area contributed by atoms with Gasteiger partial charge >= 0.3 is 0 Å². The molecule has 0 aromatic heterocycles. The number of rotatable bonds is 9. The Labute approximate surface area is 155 Å². The topological polar surface area (TPSA) is 58.6 Å². The Morgan fingerprint density at radius 2 is 1.65 bits per heavy atom. The smallest absolute Gasteiger partial charge is 0.242 e. The van der Waals surface area contributed by atoms with Crippen LogP contribution in [0.4, 0.5) is 0 Å². The van der Waals surface area contributed by atoms with Crippen LogP contribution >= 0.6 is 0 Å². The summed E-state index contributed by atoms with van der Waals surface area (Å²) in [7, 11) is 1.58. The normalized spacial score (nSPS) is 11.5. The summed E-state index contributed by atoms with van der Waals surface area (Å²) in [5.74, 6) is 0.566. The van der Waals surface area contributed by atoms with Crippen LogP contribution in [0.2, 0.25) is 0 Å². The highest BCUT2D eigenvalue weighted by Gasteiger charge is 2.24. The van der Waals surface area contributed by atoms with Gasteiger partial charge in [-0.3, -0.25) is 9.59 Å². The zero-order valence-electron chi connectivity index (χ0n) is 15.4. The molecule has 2 aromatic carbocycles. The Morgan fingerprint density at radius 1 is 1.04 bits per heavy atom. The van der Waals surface area contributed by atoms with Crippen molar-refractivity contribution in [2.24, 2.45) is 0 Å². The highest BCUT2D eigenvalue weighted by atomic mass is 16.5. The first-order valence-electron chi connectivity index (χ1n) is 8.84. The average molecular weight is 354 g/mol. The lowest BCUT2D eigenvalue weighted by molar-refractivity contribution is -0.140. The van der Waals surface area contributed by atoms with Gasteiger partial charge in [0, 0.05) is 20.0 Å². The van der Waals surface area contributed by atoms with Crippen molar-refractivity contribution in [1.29, 1.82) is 0 Å². The minimum atomic E-state index is -0.525. The minimum Gasteiger partial charge on any atom is -0.494 e. The van der Waals surface area contributed by atoms with Gasteiger partial charge in [-0.05, 0) is 31.0 Å². The van der Waals surface area contributed by atoms with Crippen LogP contribution in [-0.2, 0) is 16.1 Å². The second kappa shape index (κ2) is 10.2. The molecule has 1 N–H and O–H groups in total. The van der Waals surface area contributed by atoms with Crippen molar-refractivity contribution in [2.45, 2.75) is 32.4 Å². The molecule has 2 amide bonds. The molecule has 0 heterocycles. The fourth-order valence-electron chi connectivity index (χ4n) is 2.65. The predicted octanol–water partition coefficient (Wildman–Crippen LogP) is 3.01. The van der Waals surface area contributed by atoms with Crippen molar-refractivity contribution in [2.75, 3.05) is 13.7 Å². The highest BCUT2D eigenvalue weighted by Crippen LogP contribution is 2.13. The van der Waals surface area contributed by atoms with Crippen molar-refractivity contribution in [3.63, 3.8) is 0 Å².